The van der Waals surface area contributed by atoms with Crippen molar-refractivity contribution in [3.63, 3.8) is 0 Å². The average Bonchev–Trinajstić information content (AvgIpc) is 2.49. The molecule has 2 rings (SSSR count). The van der Waals surface area contributed by atoms with Crippen LogP contribution in [0.1, 0.15) is 15.9 Å². The van der Waals surface area contributed by atoms with Gasteiger partial charge in [0, 0.05) is 5.56 Å². The monoisotopic (exact) mass is 353 g/mol. The van der Waals surface area contributed by atoms with Gasteiger partial charge in [-0.3, -0.25) is 20.4 Å². The number of pyridine rings is 1. The number of hydrogen-bond donors (Lipinski definition) is 2. The van der Waals surface area contributed by atoms with Gasteiger partial charge in [-0.25, -0.2) is 4.98 Å². The summed E-state index contributed by atoms with van der Waals surface area (Å²) >= 11 is 11.4. The Hall–Kier alpha value is -2.31. The number of hydrogen-bond acceptors (Lipinski definition) is 4. The summed E-state index contributed by atoms with van der Waals surface area (Å²) in [6.07, 6.45) is 0. The van der Waals surface area contributed by atoms with Crippen LogP contribution in [-0.4, -0.2) is 23.4 Å². The number of rotatable bonds is 4. The molecule has 1 aromatic carbocycles. The second kappa shape index (κ2) is 7.80. The molecule has 0 bridgehead atoms. The fraction of sp³-hybridized carbons (Fsp3) is 0.133. The van der Waals surface area contributed by atoms with Crippen molar-refractivity contribution in [2.45, 2.75) is 6.92 Å². The fourth-order valence-electron chi connectivity index (χ4n) is 1.68. The summed E-state index contributed by atoms with van der Waals surface area (Å²) in [5.74, 6) is -0.509. The first-order valence-corrected chi connectivity index (χ1v) is 7.31. The van der Waals surface area contributed by atoms with Gasteiger partial charge in [0.25, 0.3) is 11.8 Å². The first kappa shape index (κ1) is 17.1. The number of ether oxygens (including phenoxy) is 1. The number of hydrazine groups is 1. The lowest BCUT2D eigenvalue weighted by molar-refractivity contribution is -0.123. The number of halogens is 2. The maximum absolute atomic E-state index is 11.9. The molecule has 0 radical (unpaired) electrons. The second-order valence-electron chi connectivity index (χ2n) is 4.61. The van der Waals surface area contributed by atoms with E-state index in [1.807, 2.05) is 19.1 Å². The summed E-state index contributed by atoms with van der Waals surface area (Å²) in [5, 5.41) is 0.161. The molecular formula is C15H13Cl2N3O3. The highest BCUT2D eigenvalue weighted by molar-refractivity contribution is 6.33. The Morgan fingerprint density at radius 1 is 1.13 bits per heavy atom. The van der Waals surface area contributed by atoms with Crippen LogP contribution >= 0.6 is 23.2 Å². The third kappa shape index (κ3) is 5.43. The predicted molar refractivity (Wildman–Crippen MR) is 86.5 cm³/mol. The molecule has 23 heavy (non-hydrogen) atoms. The highest BCUT2D eigenvalue weighted by Crippen LogP contribution is 2.14. The molecule has 1 heterocycles. The zero-order chi connectivity index (χ0) is 16.8. The van der Waals surface area contributed by atoms with E-state index in [9.17, 15) is 9.59 Å². The van der Waals surface area contributed by atoms with Gasteiger partial charge in [-0.05, 0) is 36.8 Å². The number of nitrogens with one attached hydrogen (secondary N) is 2. The van der Waals surface area contributed by atoms with E-state index >= 15 is 0 Å². The van der Waals surface area contributed by atoms with Crippen molar-refractivity contribution in [3.8, 4) is 5.75 Å². The van der Waals surface area contributed by atoms with Crippen molar-refractivity contribution in [2.75, 3.05) is 6.61 Å². The zero-order valence-corrected chi connectivity index (χ0v) is 13.6. The van der Waals surface area contributed by atoms with Gasteiger partial charge in [-0.2, -0.15) is 0 Å². The van der Waals surface area contributed by atoms with E-state index < -0.39 is 11.8 Å². The van der Waals surface area contributed by atoms with Crippen LogP contribution in [0.5, 0.6) is 5.75 Å². The molecule has 6 nitrogen and oxygen atoms in total. The third-order valence-corrected chi connectivity index (χ3v) is 3.09. The van der Waals surface area contributed by atoms with Crippen LogP contribution in [-0.2, 0) is 4.79 Å². The number of carbonyl (C=O) groups is 2. The SMILES string of the molecule is Cc1cccc(OCC(=O)NNC(=O)c2cc(Cl)nc(Cl)c2)c1. The number of aryl methyl sites for hydroxylation is 1. The average molecular weight is 354 g/mol. The molecule has 0 saturated carbocycles. The van der Waals surface area contributed by atoms with Gasteiger partial charge in [0.05, 0.1) is 0 Å². The maximum atomic E-state index is 11.9. The molecule has 2 aromatic rings. The zero-order valence-electron chi connectivity index (χ0n) is 12.1. The number of aromatic nitrogens is 1. The van der Waals surface area contributed by atoms with Crippen LogP contribution in [0.25, 0.3) is 0 Å². The van der Waals surface area contributed by atoms with Crippen molar-refractivity contribution in [1.29, 1.82) is 0 Å². The summed E-state index contributed by atoms with van der Waals surface area (Å²) in [7, 11) is 0. The minimum atomic E-state index is -0.569. The number of benzene rings is 1. The largest absolute Gasteiger partial charge is 0.484 e. The topological polar surface area (TPSA) is 80.3 Å². The molecular weight excluding hydrogens is 341 g/mol. The smallest absolute Gasteiger partial charge is 0.276 e. The van der Waals surface area contributed by atoms with Gasteiger partial charge in [0.1, 0.15) is 16.1 Å². The second-order valence-corrected chi connectivity index (χ2v) is 5.38. The Morgan fingerprint density at radius 2 is 1.83 bits per heavy atom. The van der Waals surface area contributed by atoms with E-state index in [2.05, 4.69) is 15.8 Å². The number of carbonyl (C=O) groups excluding carboxylic acids is 2. The van der Waals surface area contributed by atoms with Gasteiger partial charge in [0.2, 0.25) is 0 Å². The molecule has 0 aliphatic carbocycles. The summed E-state index contributed by atoms with van der Waals surface area (Å²) in [6, 6.07) is 9.93. The molecule has 2 N–H and O–H groups in total. The molecule has 0 atom stereocenters. The van der Waals surface area contributed by atoms with Crippen LogP contribution < -0.4 is 15.6 Å². The van der Waals surface area contributed by atoms with Crippen molar-refractivity contribution >= 4 is 35.0 Å². The van der Waals surface area contributed by atoms with E-state index in [-0.39, 0.29) is 22.5 Å². The molecule has 2 amide bonds. The number of amides is 2. The van der Waals surface area contributed by atoms with Crippen molar-refractivity contribution in [2.24, 2.45) is 0 Å². The highest BCUT2D eigenvalue weighted by Gasteiger charge is 2.10. The quantitative estimate of drug-likeness (QED) is 0.653. The van der Waals surface area contributed by atoms with E-state index in [1.54, 1.807) is 12.1 Å². The minimum Gasteiger partial charge on any atom is -0.484 e. The third-order valence-electron chi connectivity index (χ3n) is 2.70. The van der Waals surface area contributed by atoms with E-state index in [0.29, 0.717) is 5.75 Å². The van der Waals surface area contributed by atoms with Gasteiger partial charge in [-0.15, -0.1) is 0 Å². The molecule has 0 fully saturated rings. The van der Waals surface area contributed by atoms with Gasteiger partial charge >= 0.3 is 0 Å². The lowest BCUT2D eigenvalue weighted by Gasteiger charge is -2.09. The van der Waals surface area contributed by atoms with E-state index in [1.165, 1.54) is 12.1 Å². The first-order valence-electron chi connectivity index (χ1n) is 6.56. The molecule has 0 saturated heterocycles. The predicted octanol–water partition coefficient (Wildman–Crippen LogP) is 2.54. The van der Waals surface area contributed by atoms with Crippen molar-refractivity contribution in [1.82, 2.24) is 15.8 Å². The Morgan fingerprint density at radius 3 is 2.48 bits per heavy atom. The van der Waals surface area contributed by atoms with Crippen LogP contribution in [0.15, 0.2) is 36.4 Å². The van der Waals surface area contributed by atoms with Crippen molar-refractivity contribution < 1.29 is 14.3 Å². The summed E-state index contributed by atoms with van der Waals surface area (Å²) in [6.45, 7) is 1.68. The molecule has 120 valence electrons. The van der Waals surface area contributed by atoms with E-state index in [0.717, 1.165) is 5.56 Å². The lowest BCUT2D eigenvalue weighted by atomic mass is 10.2. The molecule has 0 spiro atoms. The Kier molecular flexibility index (Phi) is 5.78. The standard InChI is InChI=1S/C15H13Cl2N3O3/c1-9-3-2-4-11(5-9)23-8-14(21)19-20-15(22)10-6-12(16)18-13(17)7-10/h2-7H,8H2,1H3,(H,19,21)(H,20,22). The summed E-state index contributed by atoms with van der Waals surface area (Å²) < 4.78 is 5.31. The summed E-state index contributed by atoms with van der Waals surface area (Å²) in [5.41, 5.74) is 5.66. The fourth-order valence-corrected chi connectivity index (χ4v) is 2.15. The maximum Gasteiger partial charge on any atom is 0.276 e. The van der Waals surface area contributed by atoms with Crippen LogP contribution in [0.2, 0.25) is 10.3 Å². The normalized spacial score (nSPS) is 10.0. The molecule has 1 aromatic heterocycles. The van der Waals surface area contributed by atoms with Gasteiger partial charge in [0.15, 0.2) is 6.61 Å². The Bertz CT molecular complexity index is 717. The van der Waals surface area contributed by atoms with Crippen molar-refractivity contribution in [3.05, 3.63) is 57.8 Å². The highest BCUT2D eigenvalue weighted by atomic mass is 35.5. The van der Waals surface area contributed by atoms with Crippen LogP contribution in [0.3, 0.4) is 0 Å². The molecule has 0 unspecified atom stereocenters. The van der Waals surface area contributed by atoms with Crippen LogP contribution in [0, 0.1) is 6.92 Å². The van der Waals surface area contributed by atoms with E-state index in [4.69, 9.17) is 27.9 Å². The van der Waals surface area contributed by atoms with Gasteiger partial charge < -0.3 is 4.74 Å². The number of nitrogens with zero attached hydrogens (tertiary/aromatic N) is 1. The minimum absolute atomic E-state index is 0.0803. The lowest BCUT2D eigenvalue weighted by Crippen LogP contribution is -2.43. The first-order chi connectivity index (χ1) is 10.9. The molecule has 0 aliphatic rings. The molecule has 8 heteroatoms. The van der Waals surface area contributed by atoms with Crippen LogP contribution in [0.4, 0.5) is 0 Å². The Labute approximate surface area is 142 Å². The molecule has 0 aliphatic heterocycles. The summed E-state index contributed by atoms with van der Waals surface area (Å²) in [4.78, 5) is 27.2. The van der Waals surface area contributed by atoms with Gasteiger partial charge in [-0.1, -0.05) is 35.3 Å². The Balaban J connectivity index is 1.83.